The number of fused-ring (bicyclic) bond motifs is 4. The molecule has 4 N–H and O–H groups in total. The highest BCUT2D eigenvalue weighted by Gasteiger charge is 2.27. The first-order valence-electron chi connectivity index (χ1n) is 10.4. The van der Waals surface area contributed by atoms with Gasteiger partial charge in [-0.25, -0.2) is 19.9 Å². The van der Waals surface area contributed by atoms with Crippen LogP contribution in [0.5, 0.6) is 0 Å². The van der Waals surface area contributed by atoms with E-state index in [-0.39, 0.29) is 12.3 Å². The second kappa shape index (κ2) is 6.92. The highest BCUT2D eigenvalue weighted by atomic mass is 16.5. The summed E-state index contributed by atoms with van der Waals surface area (Å²) in [6.45, 7) is 0. The maximum absolute atomic E-state index is 6.34. The van der Waals surface area contributed by atoms with Crippen molar-refractivity contribution in [3.05, 3.63) is 54.7 Å². The molecule has 5 aromatic rings. The molecular weight excluding hydrogens is 392 g/mol. The van der Waals surface area contributed by atoms with Gasteiger partial charge in [0.1, 0.15) is 29.7 Å². The molecule has 156 valence electrons. The molecule has 2 atom stereocenters. The zero-order valence-electron chi connectivity index (χ0n) is 16.8. The Balaban J connectivity index is 1.18. The molecule has 5 heterocycles. The average molecular weight is 414 g/mol. The van der Waals surface area contributed by atoms with Gasteiger partial charge in [-0.15, -0.1) is 0 Å². The summed E-state index contributed by atoms with van der Waals surface area (Å²) < 4.78 is 10.2. The number of nitrogens with zero attached hydrogens (tertiary/aromatic N) is 6. The second-order valence-electron chi connectivity index (χ2n) is 7.99. The Morgan fingerprint density at radius 2 is 1.94 bits per heavy atom. The number of nitrogens with two attached hydrogens (primary N) is 2. The lowest BCUT2D eigenvalue weighted by Gasteiger charge is -2.16. The molecule has 31 heavy (non-hydrogen) atoms. The minimum absolute atomic E-state index is 0.0245. The van der Waals surface area contributed by atoms with Crippen molar-refractivity contribution >= 4 is 39.3 Å². The van der Waals surface area contributed by atoms with Crippen LogP contribution in [-0.4, -0.2) is 35.0 Å². The van der Waals surface area contributed by atoms with E-state index < -0.39 is 0 Å². The van der Waals surface area contributed by atoms with E-state index in [1.807, 2.05) is 18.5 Å². The quantitative estimate of drug-likeness (QED) is 0.463. The van der Waals surface area contributed by atoms with Crippen LogP contribution in [-0.2, 0) is 11.2 Å². The van der Waals surface area contributed by atoms with Crippen LogP contribution in [0.25, 0.3) is 27.6 Å². The summed E-state index contributed by atoms with van der Waals surface area (Å²) in [7, 11) is 0. The van der Waals surface area contributed by atoms with Crippen molar-refractivity contribution < 1.29 is 4.74 Å². The van der Waals surface area contributed by atoms with E-state index in [1.165, 1.54) is 11.9 Å². The van der Waals surface area contributed by atoms with Crippen molar-refractivity contribution in [2.24, 2.45) is 0 Å². The Labute approximate surface area is 177 Å². The monoisotopic (exact) mass is 414 g/mol. The molecule has 0 spiro atoms. The van der Waals surface area contributed by atoms with E-state index in [1.54, 1.807) is 10.6 Å². The fourth-order valence-electron chi connectivity index (χ4n) is 4.53. The van der Waals surface area contributed by atoms with Crippen LogP contribution in [0.15, 0.2) is 49.2 Å². The van der Waals surface area contributed by atoms with Crippen molar-refractivity contribution in [2.45, 2.75) is 38.0 Å². The summed E-state index contributed by atoms with van der Waals surface area (Å²) in [6, 6.07) is 8.27. The topological polar surface area (TPSA) is 122 Å². The smallest absolute Gasteiger partial charge is 0.206 e. The number of imidazole rings is 1. The molecule has 6 rings (SSSR count). The number of hydrogen-bond acceptors (Lipinski definition) is 7. The van der Waals surface area contributed by atoms with Crippen molar-refractivity contribution in [3.8, 4) is 0 Å². The Morgan fingerprint density at radius 1 is 1.00 bits per heavy atom. The Morgan fingerprint density at radius 3 is 2.87 bits per heavy atom. The summed E-state index contributed by atoms with van der Waals surface area (Å²) in [5.74, 6) is 0.944. The molecule has 1 aromatic carbocycles. The van der Waals surface area contributed by atoms with E-state index in [0.29, 0.717) is 11.8 Å². The second-order valence-corrected chi connectivity index (χ2v) is 7.99. The minimum Gasteiger partial charge on any atom is -0.383 e. The third-order valence-electron chi connectivity index (χ3n) is 6.12. The molecule has 1 saturated heterocycles. The van der Waals surface area contributed by atoms with Crippen molar-refractivity contribution in [3.63, 3.8) is 0 Å². The van der Waals surface area contributed by atoms with Crippen LogP contribution >= 0.6 is 0 Å². The maximum atomic E-state index is 6.34. The van der Waals surface area contributed by atoms with E-state index in [4.69, 9.17) is 16.2 Å². The lowest BCUT2D eigenvalue weighted by Crippen LogP contribution is -2.12. The third-order valence-corrected chi connectivity index (χ3v) is 6.12. The fourth-order valence-corrected chi connectivity index (χ4v) is 4.53. The van der Waals surface area contributed by atoms with Gasteiger partial charge in [0.05, 0.1) is 17.0 Å². The van der Waals surface area contributed by atoms with Crippen molar-refractivity contribution in [1.82, 2.24) is 28.9 Å². The molecule has 0 aliphatic carbocycles. The van der Waals surface area contributed by atoms with E-state index in [2.05, 4.69) is 42.7 Å². The van der Waals surface area contributed by atoms with Crippen molar-refractivity contribution in [1.29, 1.82) is 0 Å². The summed E-state index contributed by atoms with van der Waals surface area (Å²) in [6.07, 6.45) is 11.0. The molecule has 0 bridgehead atoms. The predicted octanol–water partition coefficient (Wildman–Crippen LogP) is 3.10. The van der Waals surface area contributed by atoms with E-state index >= 15 is 0 Å². The largest absolute Gasteiger partial charge is 0.383 e. The fraction of sp³-hybridized carbons (Fsp3) is 0.273. The maximum Gasteiger partial charge on any atom is 0.206 e. The van der Waals surface area contributed by atoms with Gasteiger partial charge in [-0.3, -0.25) is 4.40 Å². The lowest BCUT2D eigenvalue weighted by molar-refractivity contribution is 0.00120. The summed E-state index contributed by atoms with van der Waals surface area (Å²) >= 11 is 0. The summed E-state index contributed by atoms with van der Waals surface area (Å²) in [4.78, 5) is 17.4. The molecule has 0 saturated carbocycles. The van der Waals surface area contributed by atoms with Gasteiger partial charge in [0, 0.05) is 24.0 Å². The Kier molecular flexibility index (Phi) is 4.03. The molecular formula is C22H22N8O. The number of benzene rings is 1. The Bertz CT molecular complexity index is 1420. The van der Waals surface area contributed by atoms with Gasteiger partial charge in [-0.05, 0) is 49.4 Å². The number of ether oxygens (including phenoxy) is 1. The molecule has 0 amide bonds. The average Bonchev–Trinajstić information content (AvgIpc) is 3.51. The first-order chi connectivity index (χ1) is 15.2. The zero-order chi connectivity index (χ0) is 20.9. The molecule has 1 aliphatic heterocycles. The molecule has 2 unspecified atom stereocenters. The van der Waals surface area contributed by atoms with Gasteiger partial charge >= 0.3 is 0 Å². The van der Waals surface area contributed by atoms with Crippen LogP contribution in [0.1, 0.15) is 31.1 Å². The molecule has 4 aromatic heterocycles. The summed E-state index contributed by atoms with van der Waals surface area (Å²) in [5, 5.41) is 1.87. The van der Waals surface area contributed by atoms with Crippen LogP contribution in [0.4, 0.5) is 11.8 Å². The highest BCUT2D eigenvalue weighted by molar-refractivity contribution is 5.92. The van der Waals surface area contributed by atoms with E-state index in [0.717, 1.165) is 53.3 Å². The van der Waals surface area contributed by atoms with Gasteiger partial charge < -0.3 is 20.8 Å². The zero-order valence-corrected chi connectivity index (χ0v) is 16.8. The standard InChI is InChI=1S/C22H22N8O/c23-19-16-7-9-29(21(16)27-12-26-19)18-6-4-14(31-18)3-1-13-2-5-15-17(11-13)28-22(24)30-10-8-25-20(15)30/h2,5,7-12,14,18H,1,3-4,6H2,(H2,24,28)(H2,23,26,27). The molecule has 0 radical (unpaired) electrons. The number of aryl methyl sites for hydroxylation is 1. The molecule has 1 fully saturated rings. The number of hydrogen-bond donors (Lipinski definition) is 2. The minimum atomic E-state index is -0.0245. The SMILES string of the molecule is Nc1ncnc2c1ccn2C1CCC(CCc2ccc3c(c2)nc(N)n2ccnc32)O1. The Hall–Kier alpha value is -3.72. The number of rotatable bonds is 4. The molecule has 9 nitrogen and oxygen atoms in total. The van der Waals surface area contributed by atoms with Crippen LogP contribution < -0.4 is 11.5 Å². The van der Waals surface area contributed by atoms with Gasteiger partial charge in [0.2, 0.25) is 5.95 Å². The lowest BCUT2D eigenvalue weighted by atomic mass is 10.0. The number of nitrogen functional groups attached to an aromatic ring is 2. The molecule has 9 heteroatoms. The third kappa shape index (κ3) is 2.97. The molecule has 1 aliphatic rings. The number of anilines is 2. The first kappa shape index (κ1) is 18.1. The van der Waals surface area contributed by atoms with Crippen LogP contribution in [0.3, 0.4) is 0 Å². The van der Waals surface area contributed by atoms with Gasteiger partial charge in [0.15, 0.2) is 0 Å². The highest BCUT2D eigenvalue weighted by Crippen LogP contribution is 2.33. The van der Waals surface area contributed by atoms with Gasteiger partial charge in [-0.1, -0.05) is 6.07 Å². The summed E-state index contributed by atoms with van der Waals surface area (Å²) in [5.41, 5.74) is 15.8. The van der Waals surface area contributed by atoms with Crippen LogP contribution in [0, 0.1) is 0 Å². The van der Waals surface area contributed by atoms with E-state index in [9.17, 15) is 0 Å². The van der Waals surface area contributed by atoms with Crippen LogP contribution in [0.2, 0.25) is 0 Å². The first-order valence-corrected chi connectivity index (χ1v) is 10.4. The van der Waals surface area contributed by atoms with Gasteiger partial charge in [-0.2, -0.15) is 0 Å². The normalized spacial score (nSPS) is 19.1. The van der Waals surface area contributed by atoms with Gasteiger partial charge in [0.25, 0.3) is 0 Å². The number of aromatic nitrogens is 6. The predicted molar refractivity (Wildman–Crippen MR) is 118 cm³/mol. The van der Waals surface area contributed by atoms with Crippen molar-refractivity contribution in [2.75, 3.05) is 11.5 Å².